The number of carbonyl (C=O) groups excluding carboxylic acids is 1. The second kappa shape index (κ2) is 7.71. The van der Waals surface area contributed by atoms with E-state index in [1.54, 1.807) is 30.8 Å². The van der Waals surface area contributed by atoms with Crippen molar-refractivity contribution in [2.24, 2.45) is 4.99 Å². The van der Waals surface area contributed by atoms with Gasteiger partial charge in [0.05, 0.1) is 15.9 Å². The largest absolute Gasteiger partial charge is 0.325 e. The zero-order chi connectivity index (χ0) is 17.8. The smallest absolute Gasteiger partial charge is 0.271 e. The summed E-state index contributed by atoms with van der Waals surface area (Å²) < 4.78 is 0.848. The highest BCUT2D eigenvalue weighted by Crippen LogP contribution is 2.36. The van der Waals surface area contributed by atoms with Gasteiger partial charge < -0.3 is 5.32 Å². The zero-order valence-electron chi connectivity index (χ0n) is 13.3. The number of thioether (sulfide) groups is 2. The Labute approximate surface area is 153 Å². The molecule has 0 saturated carbocycles. The summed E-state index contributed by atoms with van der Waals surface area (Å²) in [5.74, 6) is 0.619. The van der Waals surface area contributed by atoms with Gasteiger partial charge in [-0.1, -0.05) is 47.8 Å². The third-order valence-electron chi connectivity index (χ3n) is 3.53. The maximum absolute atomic E-state index is 12.3. The van der Waals surface area contributed by atoms with Gasteiger partial charge in [0.15, 0.2) is 0 Å². The van der Waals surface area contributed by atoms with Gasteiger partial charge in [-0.2, -0.15) is 0 Å². The van der Waals surface area contributed by atoms with E-state index in [-0.39, 0.29) is 16.8 Å². The number of fused-ring (bicyclic) bond motifs is 1. The van der Waals surface area contributed by atoms with Crippen LogP contribution in [0, 0.1) is 10.1 Å². The molecule has 25 heavy (non-hydrogen) atoms. The van der Waals surface area contributed by atoms with Crippen molar-refractivity contribution in [1.29, 1.82) is 0 Å². The fourth-order valence-electron chi connectivity index (χ4n) is 2.22. The van der Waals surface area contributed by atoms with Crippen molar-refractivity contribution in [3.63, 3.8) is 0 Å². The number of hydrogen-bond acceptors (Lipinski definition) is 6. The molecule has 1 heterocycles. The normalized spacial score (nSPS) is 14.2. The van der Waals surface area contributed by atoms with E-state index in [9.17, 15) is 14.9 Å². The van der Waals surface area contributed by atoms with Crippen LogP contribution in [0.1, 0.15) is 12.5 Å². The molecule has 8 heteroatoms. The van der Waals surface area contributed by atoms with Crippen LogP contribution in [0.2, 0.25) is 0 Å². The van der Waals surface area contributed by atoms with Gasteiger partial charge in [-0.15, -0.1) is 0 Å². The molecule has 1 N–H and O–H groups in total. The first kappa shape index (κ1) is 17.5. The van der Waals surface area contributed by atoms with Gasteiger partial charge in [0.1, 0.15) is 4.38 Å². The van der Waals surface area contributed by atoms with E-state index in [0.29, 0.717) is 5.69 Å². The van der Waals surface area contributed by atoms with Crippen molar-refractivity contribution in [3.8, 4) is 0 Å². The second-order valence-corrected chi connectivity index (χ2v) is 7.90. The van der Waals surface area contributed by atoms with Crippen molar-refractivity contribution in [2.75, 3.05) is 5.32 Å². The summed E-state index contributed by atoms with van der Waals surface area (Å²) in [7, 11) is 0. The third kappa shape index (κ3) is 4.40. The highest BCUT2D eigenvalue weighted by molar-refractivity contribution is 8.39. The second-order valence-electron chi connectivity index (χ2n) is 5.35. The number of nitro benzene ring substituents is 1. The summed E-state index contributed by atoms with van der Waals surface area (Å²) >= 11 is 3.00. The Morgan fingerprint density at radius 2 is 2.12 bits per heavy atom. The minimum atomic E-state index is -0.487. The van der Waals surface area contributed by atoms with Crippen LogP contribution in [0.25, 0.3) is 0 Å². The molecule has 1 aliphatic rings. The topological polar surface area (TPSA) is 84.6 Å². The van der Waals surface area contributed by atoms with Gasteiger partial charge in [0.2, 0.25) is 5.91 Å². The number of nitrogens with one attached hydrogen (secondary N) is 1. The van der Waals surface area contributed by atoms with E-state index < -0.39 is 4.92 Å². The van der Waals surface area contributed by atoms with E-state index in [1.165, 1.54) is 29.5 Å². The summed E-state index contributed by atoms with van der Waals surface area (Å²) in [6.45, 7) is 1.79. The molecular weight excluding hydrogens is 358 g/mol. The lowest BCUT2D eigenvalue weighted by molar-refractivity contribution is -0.384. The molecule has 0 aromatic heterocycles. The summed E-state index contributed by atoms with van der Waals surface area (Å²) in [5, 5.41) is 13.2. The summed E-state index contributed by atoms with van der Waals surface area (Å²) in [6, 6.07) is 13.8. The Kier molecular flexibility index (Phi) is 5.40. The average molecular weight is 373 g/mol. The lowest BCUT2D eigenvalue weighted by Crippen LogP contribution is -2.23. The monoisotopic (exact) mass is 373 g/mol. The summed E-state index contributed by atoms with van der Waals surface area (Å²) in [4.78, 5) is 27.3. The maximum Gasteiger partial charge on any atom is 0.271 e. The average Bonchev–Trinajstić information content (AvgIpc) is 2.61. The van der Waals surface area contributed by atoms with E-state index in [0.717, 1.165) is 15.8 Å². The summed E-state index contributed by atoms with van der Waals surface area (Å²) in [6.07, 6.45) is 0. The maximum atomic E-state index is 12.3. The van der Waals surface area contributed by atoms with E-state index in [1.807, 2.05) is 24.3 Å². The highest BCUT2D eigenvalue weighted by Gasteiger charge is 2.20. The number of para-hydroxylation sites is 1. The van der Waals surface area contributed by atoms with Crippen molar-refractivity contribution in [1.82, 2.24) is 0 Å². The molecule has 1 atom stereocenters. The number of hydrogen-bond donors (Lipinski definition) is 1. The molecule has 6 nitrogen and oxygen atoms in total. The van der Waals surface area contributed by atoms with Crippen molar-refractivity contribution in [2.45, 2.75) is 17.9 Å². The highest BCUT2D eigenvalue weighted by atomic mass is 32.2. The SMILES string of the molecule is CC(SC1=Nc2ccccc2CS1)C(=O)Nc1cccc([N+](=O)[O-])c1. The molecular formula is C17H15N3O3S2. The molecule has 0 radical (unpaired) electrons. The number of carbonyl (C=O) groups is 1. The van der Waals surface area contributed by atoms with E-state index in [2.05, 4.69) is 10.3 Å². The predicted molar refractivity (Wildman–Crippen MR) is 104 cm³/mol. The number of nitrogens with zero attached hydrogens (tertiary/aromatic N) is 2. The molecule has 2 aromatic rings. The van der Waals surface area contributed by atoms with Crippen LogP contribution in [0.5, 0.6) is 0 Å². The van der Waals surface area contributed by atoms with Gasteiger partial charge >= 0.3 is 0 Å². The molecule has 0 aliphatic carbocycles. The van der Waals surface area contributed by atoms with Gasteiger partial charge in [-0.05, 0) is 24.6 Å². The number of rotatable bonds is 4. The fraction of sp³-hybridized carbons (Fsp3) is 0.176. The lowest BCUT2D eigenvalue weighted by atomic mass is 10.2. The lowest BCUT2D eigenvalue weighted by Gasteiger charge is -2.17. The first-order valence-electron chi connectivity index (χ1n) is 7.54. The van der Waals surface area contributed by atoms with Gasteiger partial charge in [-0.25, -0.2) is 4.99 Å². The van der Waals surface area contributed by atoms with Gasteiger partial charge in [0, 0.05) is 23.6 Å². The molecule has 128 valence electrons. The van der Waals surface area contributed by atoms with E-state index >= 15 is 0 Å². The number of amides is 1. The minimum Gasteiger partial charge on any atom is -0.325 e. The van der Waals surface area contributed by atoms with Crippen LogP contribution in [-0.2, 0) is 10.5 Å². The van der Waals surface area contributed by atoms with Gasteiger partial charge in [0.25, 0.3) is 5.69 Å². The van der Waals surface area contributed by atoms with Crippen LogP contribution >= 0.6 is 23.5 Å². The van der Waals surface area contributed by atoms with Crippen LogP contribution in [0.15, 0.2) is 53.5 Å². The Bertz CT molecular complexity index is 855. The van der Waals surface area contributed by atoms with E-state index in [4.69, 9.17) is 0 Å². The molecule has 0 fully saturated rings. The standard InChI is InChI=1S/C17H15N3O3S2/c1-11(16(21)18-13-6-4-7-14(9-13)20(22)23)25-17-19-15-8-3-2-5-12(15)10-24-17/h2-9,11H,10H2,1H3,(H,18,21). The Hall–Kier alpha value is -2.32. The minimum absolute atomic E-state index is 0.0538. The van der Waals surface area contributed by atoms with Crippen LogP contribution in [-0.4, -0.2) is 20.5 Å². The Morgan fingerprint density at radius 1 is 1.32 bits per heavy atom. The van der Waals surface area contributed by atoms with Crippen LogP contribution in [0.3, 0.4) is 0 Å². The predicted octanol–water partition coefficient (Wildman–Crippen LogP) is 4.59. The Morgan fingerprint density at radius 3 is 2.92 bits per heavy atom. The molecule has 0 bridgehead atoms. The third-order valence-corrected chi connectivity index (χ3v) is 5.82. The quantitative estimate of drug-likeness (QED) is 0.626. The zero-order valence-corrected chi connectivity index (χ0v) is 15.0. The molecule has 0 spiro atoms. The van der Waals surface area contributed by atoms with Gasteiger partial charge in [-0.3, -0.25) is 14.9 Å². The number of nitro groups is 1. The number of anilines is 1. The summed E-state index contributed by atoms with van der Waals surface area (Å²) in [5.41, 5.74) is 2.48. The molecule has 1 aliphatic heterocycles. The molecule has 3 rings (SSSR count). The first-order valence-corrected chi connectivity index (χ1v) is 9.41. The number of benzene rings is 2. The number of non-ortho nitro benzene ring substituents is 1. The molecule has 1 unspecified atom stereocenters. The Balaban J connectivity index is 1.65. The first-order chi connectivity index (χ1) is 12.0. The molecule has 0 saturated heterocycles. The molecule has 1 amide bonds. The van der Waals surface area contributed by atoms with Crippen molar-refractivity contribution >= 4 is 50.9 Å². The van der Waals surface area contributed by atoms with Crippen molar-refractivity contribution < 1.29 is 9.72 Å². The number of aliphatic imine (C=N–C) groups is 1. The van der Waals surface area contributed by atoms with Crippen molar-refractivity contribution in [3.05, 3.63) is 64.2 Å². The molecule has 2 aromatic carbocycles. The fourth-order valence-corrected chi connectivity index (χ4v) is 4.41. The van der Waals surface area contributed by atoms with Crippen LogP contribution < -0.4 is 5.32 Å². The van der Waals surface area contributed by atoms with Crippen LogP contribution in [0.4, 0.5) is 17.1 Å².